The van der Waals surface area contributed by atoms with Crippen molar-refractivity contribution in [3.63, 3.8) is 0 Å². The second kappa shape index (κ2) is 11.4. The van der Waals surface area contributed by atoms with Gasteiger partial charge in [0.1, 0.15) is 0 Å². The van der Waals surface area contributed by atoms with E-state index in [9.17, 15) is 14.7 Å². The van der Waals surface area contributed by atoms with E-state index in [0.717, 1.165) is 65.3 Å². The van der Waals surface area contributed by atoms with Crippen LogP contribution in [0, 0.1) is 6.92 Å². The number of amides is 2. The lowest BCUT2D eigenvalue weighted by Gasteiger charge is -2.37. The van der Waals surface area contributed by atoms with Crippen LogP contribution in [0.25, 0.3) is 11.3 Å². The average Bonchev–Trinajstić information content (AvgIpc) is 3.46. The van der Waals surface area contributed by atoms with Gasteiger partial charge >= 0.3 is 0 Å². The lowest BCUT2D eigenvalue weighted by molar-refractivity contribution is -0.129. The summed E-state index contributed by atoms with van der Waals surface area (Å²) in [5.74, 6) is 0.187. The van der Waals surface area contributed by atoms with Crippen molar-refractivity contribution in [1.29, 1.82) is 0 Å². The molecule has 1 N–H and O–H groups in total. The highest BCUT2D eigenvalue weighted by Gasteiger charge is 2.35. The third kappa shape index (κ3) is 5.63. The van der Waals surface area contributed by atoms with Gasteiger partial charge in [-0.1, -0.05) is 29.3 Å². The third-order valence-electron chi connectivity index (χ3n) is 8.70. The van der Waals surface area contributed by atoms with Gasteiger partial charge in [0.05, 0.1) is 24.8 Å². The molecule has 3 aliphatic rings. The number of aliphatic hydroxyl groups excluding tert-OH is 1. The molecule has 0 saturated carbocycles. The molecule has 0 aliphatic carbocycles. The second-order valence-electron chi connectivity index (χ2n) is 11.5. The van der Waals surface area contributed by atoms with E-state index >= 15 is 0 Å². The number of anilines is 1. The van der Waals surface area contributed by atoms with Gasteiger partial charge in [0.15, 0.2) is 0 Å². The number of β-amino-alcohol motifs (C(OH)–C–C–N with tert-alkyl or cyclic N) is 1. The Balaban J connectivity index is 1.13. The summed E-state index contributed by atoms with van der Waals surface area (Å²) in [5.41, 5.74) is 6.88. The van der Waals surface area contributed by atoms with Crippen molar-refractivity contribution in [3.8, 4) is 11.3 Å². The van der Waals surface area contributed by atoms with E-state index in [1.165, 1.54) is 0 Å². The molecule has 3 aliphatic heterocycles. The summed E-state index contributed by atoms with van der Waals surface area (Å²) in [4.78, 5) is 31.1. The number of halogens is 2. The van der Waals surface area contributed by atoms with Crippen LogP contribution in [0.5, 0.6) is 0 Å². The van der Waals surface area contributed by atoms with Gasteiger partial charge in [-0.25, -0.2) is 0 Å². The normalized spacial score (nSPS) is 18.5. The van der Waals surface area contributed by atoms with Crippen LogP contribution in [0.1, 0.15) is 42.1 Å². The zero-order valence-electron chi connectivity index (χ0n) is 23.4. The van der Waals surface area contributed by atoms with Crippen LogP contribution in [-0.4, -0.2) is 74.8 Å². The van der Waals surface area contributed by atoms with Gasteiger partial charge in [-0.05, 0) is 61.2 Å². The summed E-state index contributed by atoms with van der Waals surface area (Å²) < 4.78 is 1.94. The standard InChI is InChI=1S/C31H35Cl2N5O3/c1-19-13-21(3-5-27(19)33)31-26-18-36(20(2)39)12-9-29(26)37(34-31)17-25(40)16-35-10-7-24(8-11-35)38-28-6-4-23(32)14-22(28)15-30(38)41/h3-6,13-14,24-25,40H,7-12,15-18H2,1-2H3. The Labute approximate surface area is 250 Å². The van der Waals surface area contributed by atoms with E-state index < -0.39 is 6.10 Å². The summed E-state index contributed by atoms with van der Waals surface area (Å²) >= 11 is 12.4. The van der Waals surface area contributed by atoms with Gasteiger partial charge < -0.3 is 19.8 Å². The lowest BCUT2D eigenvalue weighted by Crippen LogP contribution is -2.48. The fraction of sp³-hybridized carbons (Fsp3) is 0.452. The molecule has 10 heteroatoms. The third-order valence-corrected chi connectivity index (χ3v) is 9.36. The molecule has 1 atom stereocenters. The van der Waals surface area contributed by atoms with Gasteiger partial charge in [0.2, 0.25) is 11.8 Å². The lowest BCUT2D eigenvalue weighted by atomic mass is 9.99. The number of carbonyl (C=O) groups excluding carboxylic acids is 2. The minimum Gasteiger partial charge on any atom is -0.390 e. The smallest absolute Gasteiger partial charge is 0.231 e. The topological polar surface area (TPSA) is 81.9 Å². The number of aryl methyl sites for hydroxylation is 1. The minimum absolute atomic E-state index is 0.0491. The van der Waals surface area contributed by atoms with Crippen molar-refractivity contribution < 1.29 is 14.7 Å². The van der Waals surface area contributed by atoms with Crippen LogP contribution in [0.3, 0.4) is 0 Å². The van der Waals surface area contributed by atoms with Crippen LogP contribution < -0.4 is 4.90 Å². The highest BCUT2D eigenvalue weighted by Crippen LogP contribution is 2.36. The molecule has 2 amide bonds. The van der Waals surface area contributed by atoms with Crippen LogP contribution in [0.4, 0.5) is 5.69 Å². The number of aliphatic hydroxyl groups is 1. The molecule has 216 valence electrons. The monoisotopic (exact) mass is 595 g/mol. The number of piperidine rings is 1. The first-order valence-corrected chi connectivity index (χ1v) is 15.0. The molecule has 4 heterocycles. The quantitative estimate of drug-likeness (QED) is 0.454. The van der Waals surface area contributed by atoms with Gasteiger partial charge in [-0.2, -0.15) is 5.10 Å². The van der Waals surface area contributed by atoms with Crippen LogP contribution in [0.15, 0.2) is 36.4 Å². The van der Waals surface area contributed by atoms with Crippen molar-refractivity contribution in [2.24, 2.45) is 0 Å². The summed E-state index contributed by atoms with van der Waals surface area (Å²) in [5, 5.41) is 17.5. The number of carbonyl (C=O) groups is 2. The van der Waals surface area contributed by atoms with Gasteiger partial charge in [-0.15, -0.1) is 0 Å². The van der Waals surface area contributed by atoms with Crippen molar-refractivity contribution >= 4 is 40.7 Å². The summed E-state index contributed by atoms with van der Waals surface area (Å²) in [7, 11) is 0. The number of hydrogen-bond acceptors (Lipinski definition) is 5. The first kappa shape index (κ1) is 28.2. The van der Waals surface area contributed by atoms with Gasteiger partial charge in [0.25, 0.3) is 0 Å². The van der Waals surface area contributed by atoms with E-state index in [1.54, 1.807) is 6.92 Å². The Morgan fingerprint density at radius 3 is 2.61 bits per heavy atom. The van der Waals surface area contributed by atoms with Crippen molar-refractivity contribution in [2.75, 3.05) is 31.1 Å². The second-order valence-corrected chi connectivity index (χ2v) is 12.4. The summed E-state index contributed by atoms with van der Waals surface area (Å²) in [6.07, 6.45) is 2.23. The Kier molecular flexibility index (Phi) is 7.85. The number of likely N-dealkylation sites (tertiary alicyclic amines) is 1. The zero-order chi connectivity index (χ0) is 28.8. The SMILES string of the molecule is CC(=O)N1CCc2c(c(-c3ccc(Cl)c(C)c3)nn2CC(O)CN2CCC(N3C(=O)Cc4cc(Cl)ccc43)CC2)C1. The molecule has 2 aromatic carbocycles. The molecule has 0 radical (unpaired) electrons. The molecule has 8 nitrogen and oxygen atoms in total. The van der Waals surface area contributed by atoms with Crippen LogP contribution in [0.2, 0.25) is 10.0 Å². The number of benzene rings is 2. The molecule has 0 bridgehead atoms. The molecule has 41 heavy (non-hydrogen) atoms. The number of aromatic nitrogens is 2. The Hall–Kier alpha value is -2.91. The van der Waals surface area contributed by atoms with Gasteiger partial charge in [0, 0.05) is 84.7 Å². The minimum atomic E-state index is -0.600. The maximum atomic E-state index is 12.8. The number of rotatable bonds is 6. The van der Waals surface area contributed by atoms with Gasteiger partial charge in [-0.3, -0.25) is 14.3 Å². The maximum absolute atomic E-state index is 12.8. The Morgan fingerprint density at radius 1 is 1.10 bits per heavy atom. The molecule has 1 unspecified atom stereocenters. The molecule has 6 rings (SSSR count). The molecule has 1 aromatic heterocycles. The van der Waals surface area contributed by atoms with E-state index in [2.05, 4.69) is 4.90 Å². The average molecular weight is 597 g/mol. The van der Waals surface area contributed by atoms with Crippen molar-refractivity contribution in [1.82, 2.24) is 19.6 Å². The summed E-state index contributed by atoms with van der Waals surface area (Å²) in [6.45, 7) is 7.27. The predicted molar refractivity (Wildman–Crippen MR) is 160 cm³/mol. The fourth-order valence-electron chi connectivity index (χ4n) is 6.56. The zero-order valence-corrected chi connectivity index (χ0v) is 25.0. The van der Waals surface area contributed by atoms with E-state index in [4.69, 9.17) is 28.3 Å². The molecule has 1 saturated heterocycles. The molecule has 3 aromatic rings. The number of hydrogen-bond donors (Lipinski definition) is 1. The van der Waals surface area contributed by atoms with Crippen molar-refractivity contribution in [2.45, 2.75) is 64.8 Å². The largest absolute Gasteiger partial charge is 0.390 e. The molecule has 1 fully saturated rings. The number of nitrogens with zero attached hydrogens (tertiary/aromatic N) is 5. The first-order valence-electron chi connectivity index (χ1n) is 14.3. The van der Waals surface area contributed by atoms with Crippen molar-refractivity contribution in [3.05, 3.63) is 68.8 Å². The van der Waals surface area contributed by atoms with E-state index in [-0.39, 0.29) is 17.9 Å². The highest BCUT2D eigenvalue weighted by molar-refractivity contribution is 6.31. The van der Waals surface area contributed by atoms with E-state index in [1.807, 2.05) is 57.8 Å². The molecular formula is C31H35Cl2N5O3. The van der Waals surface area contributed by atoms with E-state index in [0.29, 0.717) is 49.1 Å². The maximum Gasteiger partial charge on any atom is 0.231 e. The molecular weight excluding hydrogens is 561 g/mol. The fourth-order valence-corrected chi connectivity index (χ4v) is 6.88. The highest BCUT2D eigenvalue weighted by atomic mass is 35.5. The molecule has 0 spiro atoms. The predicted octanol–water partition coefficient (Wildman–Crippen LogP) is 4.48. The summed E-state index contributed by atoms with van der Waals surface area (Å²) in [6, 6.07) is 11.7. The number of fused-ring (bicyclic) bond motifs is 2. The Morgan fingerprint density at radius 2 is 1.88 bits per heavy atom. The van der Waals surface area contributed by atoms with Crippen LogP contribution in [-0.2, 0) is 35.5 Å². The Bertz CT molecular complexity index is 1500. The first-order chi connectivity index (χ1) is 19.7. The van der Waals surface area contributed by atoms with Crippen LogP contribution >= 0.6 is 23.2 Å².